The molecule has 2 aromatic rings. The monoisotopic (exact) mass is 323 g/mol. The molecule has 21 heavy (non-hydrogen) atoms. The van der Waals surface area contributed by atoms with Gasteiger partial charge in [0, 0.05) is 6.04 Å². The molecule has 3 nitrogen and oxygen atoms in total. The van der Waals surface area contributed by atoms with Crippen LogP contribution >= 0.6 is 23.2 Å². The molecule has 0 aliphatic rings. The molecule has 0 fully saturated rings. The van der Waals surface area contributed by atoms with Crippen molar-refractivity contribution >= 4 is 23.2 Å². The van der Waals surface area contributed by atoms with Gasteiger partial charge in [0.05, 0.1) is 21.4 Å². The zero-order valence-corrected chi connectivity index (χ0v) is 14.0. The molecule has 1 aromatic heterocycles. The molecule has 0 bridgehead atoms. The number of aryl methyl sites for hydroxylation is 2. The summed E-state index contributed by atoms with van der Waals surface area (Å²) in [5.74, 6) is 0. The average Bonchev–Trinajstić information content (AvgIpc) is 2.48. The van der Waals surface area contributed by atoms with Crippen LogP contribution < -0.4 is 5.32 Å². The highest BCUT2D eigenvalue weighted by molar-refractivity contribution is 6.42. The van der Waals surface area contributed by atoms with Crippen LogP contribution in [-0.4, -0.2) is 17.2 Å². The highest BCUT2D eigenvalue weighted by Gasteiger charge is 2.16. The van der Waals surface area contributed by atoms with E-state index in [9.17, 15) is 0 Å². The van der Waals surface area contributed by atoms with Crippen molar-refractivity contribution in [2.24, 2.45) is 0 Å². The lowest BCUT2D eigenvalue weighted by molar-refractivity contribution is 0.578. The molecular formula is C16H19Cl2N3. The van der Waals surface area contributed by atoms with E-state index in [1.165, 1.54) is 5.56 Å². The Hall–Kier alpha value is -1.16. The quantitative estimate of drug-likeness (QED) is 0.897. The molecule has 2 rings (SSSR count). The smallest absolute Gasteiger partial charge is 0.0676 e. The van der Waals surface area contributed by atoms with E-state index < -0.39 is 0 Å². The van der Waals surface area contributed by atoms with E-state index in [0.717, 1.165) is 29.8 Å². The lowest BCUT2D eigenvalue weighted by Gasteiger charge is -2.19. The Morgan fingerprint density at radius 1 is 1.14 bits per heavy atom. The van der Waals surface area contributed by atoms with E-state index in [1.807, 2.05) is 32.2 Å². The van der Waals surface area contributed by atoms with Crippen LogP contribution in [0.2, 0.25) is 10.0 Å². The zero-order chi connectivity index (χ0) is 15.4. The Morgan fingerprint density at radius 3 is 2.52 bits per heavy atom. The first-order valence-electron chi connectivity index (χ1n) is 6.99. The summed E-state index contributed by atoms with van der Waals surface area (Å²) in [6.07, 6.45) is 1.69. The minimum Gasteiger partial charge on any atom is -0.313 e. The van der Waals surface area contributed by atoms with E-state index in [-0.39, 0.29) is 6.04 Å². The Morgan fingerprint density at radius 2 is 1.90 bits per heavy atom. The van der Waals surface area contributed by atoms with Crippen molar-refractivity contribution in [3.05, 3.63) is 56.8 Å². The number of nitrogens with one attached hydrogen (secondary N) is 1. The summed E-state index contributed by atoms with van der Waals surface area (Å²) < 4.78 is 0. The highest BCUT2D eigenvalue weighted by atomic mass is 35.5. The standard InChI is InChI=1S/C16H19Cl2N3/c1-4-15-12(7-10(2)20-21-15)16(19-3)9-11-5-6-13(17)14(18)8-11/h5-8,16,19H,4,9H2,1-3H3. The van der Waals surface area contributed by atoms with Crippen LogP contribution in [0, 0.1) is 6.92 Å². The van der Waals surface area contributed by atoms with Gasteiger partial charge in [-0.2, -0.15) is 10.2 Å². The molecule has 1 N–H and O–H groups in total. The topological polar surface area (TPSA) is 37.8 Å². The van der Waals surface area contributed by atoms with Crippen LogP contribution in [0.15, 0.2) is 24.3 Å². The van der Waals surface area contributed by atoms with Gasteiger partial charge in [-0.1, -0.05) is 36.2 Å². The maximum absolute atomic E-state index is 6.10. The van der Waals surface area contributed by atoms with Gasteiger partial charge in [0.2, 0.25) is 0 Å². The first-order valence-corrected chi connectivity index (χ1v) is 7.75. The van der Waals surface area contributed by atoms with Gasteiger partial charge in [-0.25, -0.2) is 0 Å². The number of nitrogens with zero attached hydrogens (tertiary/aromatic N) is 2. The van der Waals surface area contributed by atoms with Crippen molar-refractivity contribution in [2.75, 3.05) is 7.05 Å². The first kappa shape index (κ1) is 16.2. The predicted octanol–water partition coefficient (Wildman–Crippen LogP) is 4.16. The zero-order valence-electron chi connectivity index (χ0n) is 12.5. The van der Waals surface area contributed by atoms with Crippen LogP contribution in [0.1, 0.15) is 35.5 Å². The molecule has 0 amide bonds. The molecule has 1 heterocycles. The summed E-state index contributed by atoms with van der Waals surface area (Å²) in [5, 5.41) is 13.0. The van der Waals surface area contributed by atoms with Gasteiger partial charge >= 0.3 is 0 Å². The molecule has 0 saturated carbocycles. The fourth-order valence-corrected chi connectivity index (χ4v) is 2.70. The minimum atomic E-state index is 0.173. The van der Waals surface area contributed by atoms with Crippen molar-refractivity contribution in [3.63, 3.8) is 0 Å². The highest BCUT2D eigenvalue weighted by Crippen LogP contribution is 2.26. The number of aromatic nitrogens is 2. The third kappa shape index (κ3) is 3.94. The van der Waals surface area contributed by atoms with Gasteiger partial charge in [-0.3, -0.25) is 0 Å². The molecule has 0 aliphatic heterocycles. The molecule has 1 aromatic carbocycles. The van der Waals surface area contributed by atoms with Gasteiger partial charge < -0.3 is 5.32 Å². The third-order valence-corrected chi connectivity index (χ3v) is 4.25. The molecule has 0 spiro atoms. The largest absolute Gasteiger partial charge is 0.313 e. The van der Waals surface area contributed by atoms with Gasteiger partial charge in [0.15, 0.2) is 0 Å². The van der Waals surface area contributed by atoms with Crippen molar-refractivity contribution in [2.45, 2.75) is 32.7 Å². The van der Waals surface area contributed by atoms with Gasteiger partial charge in [-0.15, -0.1) is 0 Å². The number of benzene rings is 1. The van der Waals surface area contributed by atoms with Crippen molar-refractivity contribution < 1.29 is 0 Å². The molecule has 1 atom stereocenters. The summed E-state index contributed by atoms with van der Waals surface area (Å²) >= 11 is 12.1. The average molecular weight is 324 g/mol. The van der Waals surface area contributed by atoms with Crippen LogP contribution in [0.25, 0.3) is 0 Å². The Kier molecular flexibility index (Phi) is 5.57. The summed E-state index contributed by atoms with van der Waals surface area (Å²) in [6.45, 7) is 4.05. The van der Waals surface area contributed by atoms with Crippen molar-refractivity contribution in [1.82, 2.24) is 15.5 Å². The van der Waals surface area contributed by atoms with E-state index in [1.54, 1.807) is 0 Å². The Labute approximate surface area is 135 Å². The van der Waals surface area contributed by atoms with Crippen LogP contribution in [0.4, 0.5) is 0 Å². The Bertz CT molecular complexity index is 629. The minimum absolute atomic E-state index is 0.173. The van der Waals surface area contributed by atoms with Crippen molar-refractivity contribution in [3.8, 4) is 0 Å². The lowest BCUT2D eigenvalue weighted by atomic mass is 9.97. The predicted molar refractivity (Wildman–Crippen MR) is 88.1 cm³/mol. The van der Waals surface area contributed by atoms with Crippen LogP contribution in [-0.2, 0) is 12.8 Å². The first-order chi connectivity index (χ1) is 10.0. The number of halogens is 2. The molecule has 5 heteroatoms. The summed E-state index contributed by atoms with van der Waals surface area (Å²) in [7, 11) is 1.96. The fraction of sp³-hybridized carbons (Fsp3) is 0.375. The number of hydrogen-bond acceptors (Lipinski definition) is 3. The fourth-order valence-electron chi connectivity index (χ4n) is 2.38. The molecule has 112 valence electrons. The molecule has 0 saturated heterocycles. The van der Waals surface area contributed by atoms with E-state index >= 15 is 0 Å². The summed E-state index contributed by atoms with van der Waals surface area (Å²) in [4.78, 5) is 0. The Balaban J connectivity index is 2.31. The van der Waals surface area contributed by atoms with Crippen LogP contribution in [0.3, 0.4) is 0 Å². The van der Waals surface area contributed by atoms with Crippen LogP contribution in [0.5, 0.6) is 0 Å². The second-order valence-corrected chi connectivity index (χ2v) is 5.85. The lowest BCUT2D eigenvalue weighted by Crippen LogP contribution is -2.21. The molecule has 1 unspecified atom stereocenters. The van der Waals surface area contributed by atoms with Gasteiger partial charge in [0.1, 0.15) is 0 Å². The maximum atomic E-state index is 6.10. The molecular weight excluding hydrogens is 305 g/mol. The SMILES string of the molecule is CCc1nnc(C)cc1C(Cc1ccc(Cl)c(Cl)c1)NC. The normalized spacial score (nSPS) is 12.4. The molecule has 0 aliphatic carbocycles. The van der Waals surface area contributed by atoms with Crippen molar-refractivity contribution in [1.29, 1.82) is 0 Å². The number of likely N-dealkylation sites (N-methyl/N-ethyl adjacent to an activating group) is 1. The maximum Gasteiger partial charge on any atom is 0.0676 e. The van der Waals surface area contributed by atoms with Gasteiger partial charge in [-0.05, 0) is 56.1 Å². The number of hydrogen-bond donors (Lipinski definition) is 1. The second kappa shape index (κ2) is 7.21. The van der Waals surface area contributed by atoms with Gasteiger partial charge in [0.25, 0.3) is 0 Å². The van der Waals surface area contributed by atoms with E-state index in [2.05, 4.69) is 28.5 Å². The third-order valence-electron chi connectivity index (χ3n) is 3.51. The summed E-state index contributed by atoms with van der Waals surface area (Å²) in [5.41, 5.74) is 4.29. The second-order valence-electron chi connectivity index (χ2n) is 5.04. The van der Waals surface area contributed by atoms with E-state index in [0.29, 0.717) is 10.0 Å². The number of rotatable bonds is 5. The van der Waals surface area contributed by atoms with E-state index in [4.69, 9.17) is 23.2 Å². The summed E-state index contributed by atoms with van der Waals surface area (Å²) in [6, 6.07) is 8.03. The molecule has 0 radical (unpaired) electrons.